The van der Waals surface area contributed by atoms with Gasteiger partial charge in [0.1, 0.15) is 5.75 Å². The Morgan fingerprint density at radius 1 is 1.14 bits per heavy atom. The first-order valence-corrected chi connectivity index (χ1v) is 11.1. The minimum Gasteiger partial charge on any atom is -0.496 e. The maximum atomic E-state index is 5.56. The fourth-order valence-corrected chi connectivity index (χ4v) is 5.12. The van der Waals surface area contributed by atoms with Gasteiger partial charge in [0.2, 0.25) is 0 Å². The molecule has 29 heavy (non-hydrogen) atoms. The summed E-state index contributed by atoms with van der Waals surface area (Å²) >= 11 is 1.70. The fraction of sp³-hybridized carbons (Fsp3) is 0.455. The Labute approximate surface area is 176 Å². The molecule has 0 bridgehead atoms. The second-order valence-electron chi connectivity index (χ2n) is 7.54. The maximum Gasteiger partial charge on any atom is 0.192 e. The number of aromatic nitrogens is 5. The van der Waals surface area contributed by atoms with E-state index in [1.807, 2.05) is 25.4 Å². The summed E-state index contributed by atoms with van der Waals surface area (Å²) in [5, 5.41) is 10.1. The largest absolute Gasteiger partial charge is 0.496 e. The van der Waals surface area contributed by atoms with Crippen LogP contribution in [-0.4, -0.2) is 31.8 Å². The van der Waals surface area contributed by atoms with Gasteiger partial charge in [-0.15, -0.1) is 10.2 Å². The molecular formula is C22H27N5OS. The van der Waals surface area contributed by atoms with Crippen LogP contribution in [0.15, 0.2) is 35.9 Å². The summed E-state index contributed by atoms with van der Waals surface area (Å²) in [6.07, 6.45) is 11.7. The van der Waals surface area contributed by atoms with Crippen LogP contribution in [0.4, 0.5) is 0 Å². The molecule has 0 radical (unpaired) electrons. The van der Waals surface area contributed by atoms with E-state index >= 15 is 0 Å². The standard InChI is InChI=1S/C22H27N5OS/c1-15-12-24-19(16(2)20(15)28-3)14-29-22-26-25-21(17-8-7-11-23-13-17)27(22)18-9-5-4-6-10-18/h7-8,11-13,18H,4-6,9-10,14H2,1-3H3. The second-order valence-corrected chi connectivity index (χ2v) is 8.49. The van der Waals surface area contributed by atoms with Crippen molar-refractivity contribution in [3.05, 3.63) is 47.5 Å². The Bertz CT molecular complexity index is 967. The van der Waals surface area contributed by atoms with Gasteiger partial charge in [0, 0.05) is 47.1 Å². The lowest BCUT2D eigenvalue weighted by Crippen LogP contribution is -2.15. The zero-order valence-electron chi connectivity index (χ0n) is 17.3. The molecular weight excluding hydrogens is 382 g/mol. The first-order valence-electron chi connectivity index (χ1n) is 10.2. The van der Waals surface area contributed by atoms with Gasteiger partial charge < -0.3 is 4.74 Å². The highest BCUT2D eigenvalue weighted by Gasteiger charge is 2.24. The van der Waals surface area contributed by atoms with Crippen molar-refractivity contribution in [3.8, 4) is 17.1 Å². The highest BCUT2D eigenvalue weighted by Crippen LogP contribution is 2.36. The van der Waals surface area contributed by atoms with Gasteiger partial charge in [-0.2, -0.15) is 0 Å². The Kier molecular flexibility index (Phi) is 6.13. The van der Waals surface area contributed by atoms with Gasteiger partial charge in [-0.3, -0.25) is 14.5 Å². The molecule has 0 N–H and O–H groups in total. The summed E-state index contributed by atoms with van der Waals surface area (Å²) in [6.45, 7) is 4.09. The third-order valence-electron chi connectivity index (χ3n) is 5.61. The van der Waals surface area contributed by atoms with Crippen LogP contribution in [0, 0.1) is 13.8 Å². The molecule has 7 heteroatoms. The van der Waals surface area contributed by atoms with Crippen molar-refractivity contribution in [1.29, 1.82) is 0 Å². The summed E-state index contributed by atoms with van der Waals surface area (Å²) in [7, 11) is 1.71. The Morgan fingerprint density at radius 2 is 1.97 bits per heavy atom. The topological polar surface area (TPSA) is 65.7 Å². The van der Waals surface area contributed by atoms with Crippen molar-refractivity contribution in [2.45, 2.75) is 62.9 Å². The van der Waals surface area contributed by atoms with Crippen LogP contribution in [0.3, 0.4) is 0 Å². The van der Waals surface area contributed by atoms with Gasteiger partial charge in [0.15, 0.2) is 11.0 Å². The zero-order valence-corrected chi connectivity index (χ0v) is 18.1. The lowest BCUT2D eigenvalue weighted by Gasteiger charge is -2.25. The van der Waals surface area contributed by atoms with Crippen LogP contribution in [0.5, 0.6) is 5.75 Å². The van der Waals surface area contributed by atoms with Crippen LogP contribution >= 0.6 is 11.8 Å². The van der Waals surface area contributed by atoms with Crippen LogP contribution in [0.25, 0.3) is 11.4 Å². The van der Waals surface area contributed by atoms with Crippen molar-refractivity contribution < 1.29 is 4.74 Å². The zero-order chi connectivity index (χ0) is 20.2. The minimum absolute atomic E-state index is 0.443. The minimum atomic E-state index is 0.443. The van der Waals surface area contributed by atoms with E-state index in [4.69, 9.17) is 4.74 Å². The van der Waals surface area contributed by atoms with E-state index in [0.717, 1.165) is 44.9 Å². The van der Waals surface area contributed by atoms with Crippen LogP contribution in [0.2, 0.25) is 0 Å². The van der Waals surface area contributed by atoms with Gasteiger partial charge in [-0.05, 0) is 38.8 Å². The molecule has 0 saturated heterocycles. The Balaban J connectivity index is 1.65. The molecule has 3 heterocycles. The molecule has 0 amide bonds. The number of methoxy groups -OCH3 is 1. The third kappa shape index (κ3) is 4.15. The van der Waals surface area contributed by atoms with Crippen LogP contribution in [-0.2, 0) is 5.75 Å². The molecule has 152 valence electrons. The molecule has 4 rings (SSSR count). The number of pyridine rings is 2. The summed E-state index contributed by atoms with van der Waals surface area (Å²) in [4.78, 5) is 8.92. The Morgan fingerprint density at radius 3 is 2.69 bits per heavy atom. The molecule has 1 aliphatic carbocycles. The van der Waals surface area contributed by atoms with Crippen LogP contribution in [0.1, 0.15) is 55.0 Å². The van der Waals surface area contributed by atoms with Gasteiger partial charge >= 0.3 is 0 Å². The van der Waals surface area contributed by atoms with E-state index in [1.165, 1.54) is 32.1 Å². The molecule has 1 aliphatic rings. The predicted molar refractivity (Wildman–Crippen MR) is 115 cm³/mol. The molecule has 0 aliphatic heterocycles. The summed E-state index contributed by atoms with van der Waals surface area (Å²) in [5.74, 6) is 2.57. The van der Waals surface area contributed by atoms with Crippen molar-refractivity contribution >= 4 is 11.8 Å². The smallest absolute Gasteiger partial charge is 0.192 e. The predicted octanol–water partition coefficient (Wildman–Crippen LogP) is 5.16. The first kappa shape index (κ1) is 19.9. The number of hydrogen-bond donors (Lipinski definition) is 0. The molecule has 3 aromatic rings. The SMILES string of the molecule is COc1c(C)cnc(CSc2nnc(-c3cccnc3)n2C2CCCCC2)c1C. The molecule has 3 aromatic heterocycles. The molecule has 0 aromatic carbocycles. The van der Waals surface area contributed by atoms with Crippen molar-refractivity contribution in [2.24, 2.45) is 0 Å². The number of aryl methyl sites for hydroxylation is 1. The number of rotatable bonds is 6. The third-order valence-corrected chi connectivity index (χ3v) is 6.57. The highest BCUT2D eigenvalue weighted by atomic mass is 32.2. The van der Waals surface area contributed by atoms with E-state index in [9.17, 15) is 0 Å². The van der Waals surface area contributed by atoms with Crippen LogP contribution < -0.4 is 4.74 Å². The molecule has 1 fully saturated rings. The Hall–Kier alpha value is -2.41. The van der Waals surface area contributed by atoms with E-state index in [-0.39, 0.29) is 0 Å². The lowest BCUT2D eigenvalue weighted by atomic mass is 9.95. The first-order chi connectivity index (χ1) is 14.2. The number of nitrogens with zero attached hydrogens (tertiary/aromatic N) is 5. The molecule has 1 saturated carbocycles. The molecule has 6 nitrogen and oxygen atoms in total. The van der Waals surface area contributed by atoms with E-state index in [2.05, 4.69) is 37.7 Å². The average Bonchev–Trinajstić information content (AvgIpc) is 3.19. The molecule has 0 atom stereocenters. The fourth-order valence-electron chi connectivity index (χ4n) is 4.09. The van der Waals surface area contributed by atoms with E-state index in [1.54, 1.807) is 25.1 Å². The molecule has 0 spiro atoms. The van der Waals surface area contributed by atoms with Crippen molar-refractivity contribution in [1.82, 2.24) is 24.7 Å². The molecule has 0 unspecified atom stereocenters. The van der Waals surface area contributed by atoms with Gasteiger partial charge in [-0.25, -0.2) is 0 Å². The maximum absolute atomic E-state index is 5.56. The van der Waals surface area contributed by atoms with Gasteiger partial charge in [-0.1, -0.05) is 31.0 Å². The number of hydrogen-bond acceptors (Lipinski definition) is 6. The summed E-state index contributed by atoms with van der Waals surface area (Å²) in [6, 6.07) is 4.45. The normalized spacial score (nSPS) is 14.9. The van der Waals surface area contributed by atoms with Gasteiger partial charge in [0.25, 0.3) is 0 Å². The van der Waals surface area contributed by atoms with E-state index < -0.39 is 0 Å². The summed E-state index contributed by atoms with van der Waals surface area (Å²) < 4.78 is 7.89. The number of thioether (sulfide) groups is 1. The average molecular weight is 410 g/mol. The summed E-state index contributed by atoms with van der Waals surface area (Å²) in [5.41, 5.74) is 4.20. The van der Waals surface area contributed by atoms with Gasteiger partial charge in [0.05, 0.1) is 12.8 Å². The monoisotopic (exact) mass is 409 g/mol. The lowest BCUT2D eigenvalue weighted by molar-refractivity contribution is 0.339. The van der Waals surface area contributed by atoms with Crippen molar-refractivity contribution in [3.63, 3.8) is 0 Å². The quantitative estimate of drug-likeness (QED) is 0.524. The van der Waals surface area contributed by atoms with Crippen molar-refractivity contribution in [2.75, 3.05) is 7.11 Å². The highest BCUT2D eigenvalue weighted by molar-refractivity contribution is 7.98. The number of ether oxygens (including phenoxy) is 1. The van der Waals surface area contributed by atoms with E-state index in [0.29, 0.717) is 6.04 Å². The second kappa shape index (κ2) is 8.95.